The number of nitrogens with zero attached hydrogens (tertiary/aromatic N) is 1. The zero-order chi connectivity index (χ0) is 13.4. The number of hydrogen-bond acceptors (Lipinski definition) is 2. The lowest BCUT2D eigenvalue weighted by molar-refractivity contribution is 0.469. The number of aromatic nitrogens is 1. The van der Waals surface area contributed by atoms with Gasteiger partial charge in [0, 0.05) is 18.4 Å². The maximum atomic E-state index is 12.3. The molecule has 2 aromatic rings. The molecule has 0 amide bonds. The molecule has 94 valence electrons. The zero-order valence-electron chi connectivity index (χ0n) is 10.9. The quantitative estimate of drug-likeness (QED) is 0.824. The first kappa shape index (κ1) is 12.4. The maximum absolute atomic E-state index is 12.3. The SMILES string of the molecule is C=C(C)[C@H](C)c1c(O)c2ccccc2n(C)c1=O. The van der Waals surface area contributed by atoms with Crippen molar-refractivity contribution < 1.29 is 5.11 Å². The van der Waals surface area contributed by atoms with Gasteiger partial charge in [-0.2, -0.15) is 0 Å². The molecule has 0 saturated carbocycles. The molecular formula is C15H17NO2. The molecule has 0 bridgehead atoms. The van der Waals surface area contributed by atoms with Crippen molar-refractivity contribution in [3.8, 4) is 5.75 Å². The van der Waals surface area contributed by atoms with Gasteiger partial charge in [0.25, 0.3) is 5.56 Å². The van der Waals surface area contributed by atoms with Crippen LogP contribution in [0.1, 0.15) is 25.3 Å². The van der Waals surface area contributed by atoms with E-state index in [2.05, 4.69) is 6.58 Å². The normalized spacial score (nSPS) is 12.6. The van der Waals surface area contributed by atoms with Crippen LogP contribution < -0.4 is 5.56 Å². The summed E-state index contributed by atoms with van der Waals surface area (Å²) >= 11 is 0. The van der Waals surface area contributed by atoms with Gasteiger partial charge >= 0.3 is 0 Å². The van der Waals surface area contributed by atoms with Crippen molar-refractivity contribution in [3.63, 3.8) is 0 Å². The number of para-hydroxylation sites is 1. The molecule has 2 rings (SSSR count). The predicted octanol–water partition coefficient (Wildman–Crippen LogP) is 2.92. The van der Waals surface area contributed by atoms with Crippen LogP contribution in [-0.4, -0.2) is 9.67 Å². The highest BCUT2D eigenvalue weighted by molar-refractivity contribution is 5.86. The predicted molar refractivity (Wildman–Crippen MR) is 74.1 cm³/mol. The minimum Gasteiger partial charge on any atom is -0.507 e. The Kier molecular flexibility index (Phi) is 2.99. The molecule has 0 spiro atoms. The van der Waals surface area contributed by atoms with E-state index in [1.54, 1.807) is 11.6 Å². The van der Waals surface area contributed by atoms with Gasteiger partial charge in [0.15, 0.2) is 0 Å². The summed E-state index contributed by atoms with van der Waals surface area (Å²) in [5, 5.41) is 11.0. The van der Waals surface area contributed by atoms with Gasteiger partial charge in [0.05, 0.1) is 11.1 Å². The van der Waals surface area contributed by atoms with Crippen molar-refractivity contribution in [2.24, 2.45) is 7.05 Å². The molecule has 1 atom stereocenters. The maximum Gasteiger partial charge on any atom is 0.258 e. The van der Waals surface area contributed by atoms with Crippen LogP contribution >= 0.6 is 0 Å². The van der Waals surface area contributed by atoms with Crippen molar-refractivity contribution in [1.82, 2.24) is 4.57 Å². The number of allylic oxidation sites excluding steroid dienone is 1. The summed E-state index contributed by atoms with van der Waals surface area (Å²) in [5.74, 6) is -0.0856. The Hall–Kier alpha value is -2.03. The van der Waals surface area contributed by atoms with E-state index in [-0.39, 0.29) is 17.2 Å². The highest BCUT2D eigenvalue weighted by Crippen LogP contribution is 2.32. The molecule has 0 saturated heterocycles. The summed E-state index contributed by atoms with van der Waals surface area (Å²) in [7, 11) is 1.72. The molecule has 0 unspecified atom stereocenters. The third-order valence-electron chi connectivity index (χ3n) is 3.48. The Morgan fingerprint density at radius 2 is 2.00 bits per heavy atom. The molecule has 3 heteroatoms. The molecular weight excluding hydrogens is 226 g/mol. The Morgan fingerprint density at radius 1 is 1.39 bits per heavy atom. The first-order chi connectivity index (χ1) is 8.45. The summed E-state index contributed by atoms with van der Waals surface area (Å²) in [6, 6.07) is 7.34. The largest absolute Gasteiger partial charge is 0.507 e. The second-order valence-electron chi connectivity index (χ2n) is 4.71. The number of fused-ring (bicyclic) bond motifs is 1. The Labute approximate surface area is 106 Å². The fourth-order valence-corrected chi connectivity index (χ4v) is 2.14. The van der Waals surface area contributed by atoms with Crippen molar-refractivity contribution in [1.29, 1.82) is 0 Å². The molecule has 3 nitrogen and oxygen atoms in total. The van der Waals surface area contributed by atoms with Gasteiger partial charge in [-0.25, -0.2) is 0 Å². The average molecular weight is 243 g/mol. The lowest BCUT2D eigenvalue weighted by Gasteiger charge is -2.16. The van der Waals surface area contributed by atoms with Crippen LogP contribution in [0.2, 0.25) is 0 Å². The van der Waals surface area contributed by atoms with Crippen molar-refractivity contribution in [3.05, 3.63) is 52.3 Å². The third kappa shape index (κ3) is 1.72. The van der Waals surface area contributed by atoms with E-state index in [0.29, 0.717) is 10.9 Å². The topological polar surface area (TPSA) is 42.2 Å². The highest BCUT2D eigenvalue weighted by atomic mass is 16.3. The molecule has 18 heavy (non-hydrogen) atoms. The van der Waals surface area contributed by atoms with Gasteiger partial charge in [-0.3, -0.25) is 4.79 Å². The van der Waals surface area contributed by atoms with Crippen LogP contribution in [0, 0.1) is 0 Å². The van der Waals surface area contributed by atoms with Crippen LogP contribution in [0.3, 0.4) is 0 Å². The van der Waals surface area contributed by atoms with E-state index in [1.807, 2.05) is 38.1 Å². The lowest BCUT2D eigenvalue weighted by Crippen LogP contribution is -2.23. The van der Waals surface area contributed by atoms with E-state index < -0.39 is 0 Å². The van der Waals surface area contributed by atoms with E-state index >= 15 is 0 Å². The van der Waals surface area contributed by atoms with Gasteiger partial charge in [-0.05, 0) is 19.1 Å². The van der Waals surface area contributed by atoms with Crippen LogP contribution in [0.5, 0.6) is 5.75 Å². The molecule has 0 aliphatic carbocycles. The second-order valence-corrected chi connectivity index (χ2v) is 4.71. The lowest BCUT2D eigenvalue weighted by atomic mass is 9.94. The number of benzene rings is 1. The van der Waals surface area contributed by atoms with E-state index in [1.165, 1.54) is 0 Å². The van der Waals surface area contributed by atoms with Crippen molar-refractivity contribution >= 4 is 10.9 Å². The summed E-state index contributed by atoms with van der Waals surface area (Å²) in [6.07, 6.45) is 0. The smallest absolute Gasteiger partial charge is 0.258 e. The van der Waals surface area contributed by atoms with Gasteiger partial charge in [-0.1, -0.05) is 31.2 Å². The van der Waals surface area contributed by atoms with Gasteiger partial charge in [0.2, 0.25) is 0 Å². The van der Waals surface area contributed by atoms with Gasteiger partial charge < -0.3 is 9.67 Å². The van der Waals surface area contributed by atoms with Gasteiger partial charge in [0.1, 0.15) is 5.75 Å². The first-order valence-corrected chi connectivity index (χ1v) is 5.91. The fraction of sp³-hybridized carbons (Fsp3) is 0.267. The van der Waals surface area contributed by atoms with Crippen LogP contribution in [0.25, 0.3) is 10.9 Å². The van der Waals surface area contributed by atoms with Crippen LogP contribution in [0.15, 0.2) is 41.2 Å². The van der Waals surface area contributed by atoms with Crippen molar-refractivity contribution in [2.45, 2.75) is 19.8 Å². The summed E-state index contributed by atoms with van der Waals surface area (Å²) in [4.78, 5) is 12.3. The molecule has 1 N–H and O–H groups in total. The van der Waals surface area contributed by atoms with Crippen LogP contribution in [0.4, 0.5) is 0 Å². The fourth-order valence-electron chi connectivity index (χ4n) is 2.14. The monoisotopic (exact) mass is 243 g/mol. The Balaban J connectivity index is 2.92. The molecule has 1 aromatic carbocycles. The number of rotatable bonds is 2. The number of hydrogen-bond donors (Lipinski definition) is 1. The second kappa shape index (κ2) is 4.33. The molecule has 0 fully saturated rings. The number of aryl methyl sites for hydroxylation is 1. The highest BCUT2D eigenvalue weighted by Gasteiger charge is 2.19. The summed E-state index contributed by atoms with van der Waals surface area (Å²) < 4.78 is 1.57. The average Bonchev–Trinajstić information content (AvgIpc) is 2.36. The Bertz CT molecular complexity index is 683. The molecule has 0 aliphatic rings. The number of pyridine rings is 1. The van der Waals surface area contributed by atoms with E-state index in [9.17, 15) is 9.90 Å². The van der Waals surface area contributed by atoms with Crippen molar-refractivity contribution in [2.75, 3.05) is 0 Å². The summed E-state index contributed by atoms with van der Waals surface area (Å²) in [6.45, 7) is 7.61. The molecule has 0 aliphatic heterocycles. The molecule has 1 aromatic heterocycles. The van der Waals surface area contributed by atoms with Gasteiger partial charge in [-0.15, -0.1) is 0 Å². The third-order valence-corrected chi connectivity index (χ3v) is 3.48. The first-order valence-electron chi connectivity index (χ1n) is 5.91. The van der Waals surface area contributed by atoms with Crippen LogP contribution in [-0.2, 0) is 7.05 Å². The number of aromatic hydroxyl groups is 1. The standard InChI is InChI=1S/C15H17NO2/c1-9(2)10(3)13-14(17)11-7-5-6-8-12(11)16(4)15(13)18/h5-8,10,17H,1H2,2-4H3/t10-/m0/s1. The van der Waals surface area contributed by atoms with E-state index in [0.717, 1.165) is 11.1 Å². The summed E-state index contributed by atoms with van der Waals surface area (Å²) in [5.41, 5.74) is 1.85. The van der Waals surface area contributed by atoms with E-state index in [4.69, 9.17) is 0 Å². The zero-order valence-corrected chi connectivity index (χ0v) is 10.9. The minimum absolute atomic E-state index is 0.0733. The molecule has 1 heterocycles. The minimum atomic E-state index is -0.165. The Morgan fingerprint density at radius 3 is 2.61 bits per heavy atom. The molecule has 0 radical (unpaired) electrons.